The summed E-state index contributed by atoms with van der Waals surface area (Å²) in [6.07, 6.45) is -2.09. The van der Waals surface area contributed by atoms with Gasteiger partial charge in [0.15, 0.2) is 0 Å². The largest absolute Gasteiger partial charge is 0.417 e. The molecule has 29 heavy (non-hydrogen) atoms. The number of hydrogen-bond acceptors (Lipinski definition) is 7. The second kappa shape index (κ2) is 7.87. The number of nitrogens with zero attached hydrogens (tertiary/aromatic N) is 4. The summed E-state index contributed by atoms with van der Waals surface area (Å²) in [5, 5.41) is 16.3. The van der Waals surface area contributed by atoms with E-state index >= 15 is 0 Å². The van der Waals surface area contributed by atoms with E-state index in [-0.39, 0.29) is 17.3 Å². The molecule has 150 valence electrons. The number of hydrogen-bond donors (Lipinski definition) is 2. The standard InChI is InChI=1S/C17H12ClF3N6O2/c1-9-2-5-13(22-7-9)26-16-14(27(28)29)15(23-8-24-16)25-10-3-4-12(18)11(6-10)17(19,20)21/h2-8H,1H3,(H2,22,23,24,25,26). The van der Waals surface area contributed by atoms with Gasteiger partial charge in [-0.2, -0.15) is 13.2 Å². The molecule has 0 saturated carbocycles. The number of aryl methyl sites for hydroxylation is 1. The minimum absolute atomic E-state index is 0.0806. The van der Waals surface area contributed by atoms with E-state index in [1.807, 2.05) is 6.92 Å². The molecule has 2 heterocycles. The zero-order valence-corrected chi connectivity index (χ0v) is 15.4. The molecule has 8 nitrogen and oxygen atoms in total. The average molecular weight is 425 g/mol. The van der Waals surface area contributed by atoms with Gasteiger partial charge in [-0.3, -0.25) is 10.1 Å². The van der Waals surface area contributed by atoms with Crippen LogP contribution >= 0.6 is 11.6 Å². The highest BCUT2D eigenvalue weighted by Gasteiger charge is 2.33. The minimum Gasteiger partial charge on any atom is -0.334 e. The minimum atomic E-state index is -4.68. The number of alkyl halides is 3. The lowest BCUT2D eigenvalue weighted by molar-refractivity contribution is -0.383. The third kappa shape index (κ3) is 4.69. The van der Waals surface area contributed by atoms with Gasteiger partial charge in [-0.15, -0.1) is 0 Å². The van der Waals surface area contributed by atoms with Gasteiger partial charge in [0.1, 0.15) is 12.1 Å². The monoisotopic (exact) mass is 424 g/mol. The molecule has 3 rings (SSSR count). The number of halogens is 4. The van der Waals surface area contributed by atoms with Crippen molar-refractivity contribution in [2.75, 3.05) is 10.6 Å². The van der Waals surface area contributed by atoms with Crippen LogP contribution in [0.25, 0.3) is 0 Å². The number of nitro groups is 1. The van der Waals surface area contributed by atoms with Crippen molar-refractivity contribution in [3.05, 3.63) is 69.1 Å². The van der Waals surface area contributed by atoms with Crippen molar-refractivity contribution in [1.29, 1.82) is 0 Å². The fourth-order valence-electron chi connectivity index (χ4n) is 2.35. The fourth-order valence-corrected chi connectivity index (χ4v) is 2.58. The maximum absolute atomic E-state index is 13.0. The van der Waals surface area contributed by atoms with E-state index in [2.05, 4.69) is 25.6 Å². The predicted octanol–water partition coefficient (Wildman–Crippen LogP) is 5.25. The van der Waals surface area contributed by atoms with Crippen LogP contribution in [0.2, 0.25) is 5.02 Å². The van der Waals surface area contributed by atoms with Crippen LogP contribution in [0.15, 0.2) is 42.9 Å². The molecule has 0 spiro atoms. The van der Waals surface area contributed by atoms with Gasteiger partial charge in [-0.1, -0.05) is 17.7 Å². The Bertz CT molecular complexity index is 1060. The molecule has 3 aromatic rings. The van der Waals surface area contributed by atoms with Crippen LogP contribution in [0.1, 0.15) is 11.1 Å². The third-order valence-corrected chi connectivity index (χ3v) is 4.03. The van der Waals surface area contributed by atoms with E-state index in [0.717, 1.165) is 24.0 Å². The zero-order valence-electron chi connectivity index (χ0n) is 14.7. The summed E-state index contributed by atoms with van der Waals surface area (Å²) >= 11 is 5.59. The van der Waals surface area contributed by atoms with Crippen molar-refractivity contribution in [3.8, 4) is 0 Å². The normalized spacial score (nSPS) is 11.2. The van der Waals surface area contributed by atoms with Gasteiger partial charge in [-0.25, -0.2) is 15.0 Å². The Morgan fingerprint density at radius 1 is 1.07 bits per heavy atom. The first-order valence-corrected chi connectivity index (χ1v) is 8.36. The van der Waals surface area contributed by atoms with E-state index in [0.29, 0.717) is 5.82 Å². The Hall–Kier alpha value is -3.47. The van der Waals surface area contributed by atoms with Gasteiger partial charge in [0.05, 0.1) is 15.5 Å². The average Bonchev–Trinajstić information content (AvgIpc) is 2.64. The first kappa shape index (κ1) is 20.3. The highest BCUT2D eigenvalue weighted by atomic mass is 35.5. The highest BCUT2D eigenvalue weighted by molar-refractivity contribution is 6.31. The maximum Gasteiger partial charge on any atom is 0.417 e. The van der Waals surface area contributed by atoms with E-state index in [4.69, 9.17) is 11.6 Å². The summed E-state index contributed by atoms with van der Waals surface area (Å²) in [6.45, 7) is 1.83. The Morgan fingerprint density at radius 3 is 2.34 bits per heavy atom. The summed E-state index contributed by atoms with van der Waals surface area (Å²) in [6, 6.07) is 6.37. The molecule has 2 N–H and O–H groups in total. The fraction of sp³-hybridized carbons (Fsp3) is 0.118. The molecule has 0 aliphatic heterocycles. The van der Waals surface area contributed by atoms with Crippen molar-refractivity contribution in [2.24, 2.45) is 0 Å². The van der Waals surface area contributed by atoms with Crippen LogP contribution in [0.4, 0.5) is 42.0 Å². The summed E-state index contributed by atoms with van der Waals surface area (Å²) in [5.74, 6) is -0.168. The van der Waals surface area contributed by atoms with Crippen LogP contribution < -0.4 is 10.6 Å². The summed E-state index contributed by atoms with van der Waals surface area (Å²) in [4.78, 5) is 22.5. The summed E-state index contributed by atoms with van der Waals surface area (Å²) in [7, 11) is 0. The van der Waals surface area contributed by atoms with Crippen molar-refractivity contribution in [3.63, 3.8) is 0 Å². The molecule has 0 amide bonds. The smallest absolute Gasteiger partial charge is 0.334 e. The van der Waals surface area contributed by atoms with Gasteiger partial charge in [-0.05, 0) is 36.8 Å². The van der Waals surface area contributed by atoms with Crippen molar-refractivity contribution >= 4 is 40.4 Å². The van der Waals surface area contributed by atoms with Crippen LogP contribution in [-0.2, 0) is 6.18 Å². The Labute approximate surface area is 166 Å². The van der Waals surface area contributed by atoms with Crippen molar-refractivity contribution in [2.45, 2.75) is 13.1 Å². The number of nitrogens with one attached hydrogen (secondary N) is 2. The highest BCUT2D eigenvalue weighted by Crippen LogP contribution is 2.38. The number of benzene rings is 1. The van der Waals surface area contributed by atoms with Gasteiger partial charge in [0, 0.05) is 11.9 Å². The quantitative estimate of drug-likeness (QED) is 0.425. The number of rotatable bonds is 5. The molecule has 0 atom stereocenters. The van der Waals surface area contributed by atoms with E-state index in [1.54, 1.807) is 18.3 Å². The van der Waals surface area contributed by atoms with Gasteiger partial charge >= 0.3 is 11.9 Å². The molecule has 0 unspecified atom stereocenters. The van der Waals surface area contributed by atoms with Gasteiger partial charge in [0.2, 0.25) is 11.6 Å². The molecule has 0 aliphatic carbocycles. The van der Waals surface area contributed by atoms with Crippen LogP contribution in [0, 0.1) is 17.0 Å². The number of pyridine rings is 1. The van der Waals surface area contributed by atoms with Crippen LogP contribution in [-0.4, -0.2) is 19.9 Å². The second-order valence-electron chi connectivity index (χ2n) is 5.84. The van der Waals surface area contributed by atoms with Crippen LogP contribution in [0.3, 0.4) is 0 Å². The van der Waals surface area contributed by atoms with E-state index in [1.165, 1.54) is 6.07 Å². The lowest BCUT2D eigenvalue weighted by Gasteiger charge is -2.13. The van der Waals surface area contributed by atoms with Crippen molar-refractivity contribution < 1.29 is 18.1 Å². The molecule has 0 saturated heterocycles. The van der Waals surface area contributed by atoms with Gasteiger partial charge in [0.25, 0.3) is 0 Å². The second-order valence-corrected chi connectivity index (χ2v) is 6.25. The molecule has 0 radical (unpaired) electrons. The lowest BCUT2D eigenvalue weighted by atomic mass is 10.2. The van der Waals surface area contributed by atoms with Gasteiger partial charge < -0.3 is 10.6 Å². The van der Waals surface area contributed by atoms with E-state index in [9.17, 15) is 23.3 Å². The molecule has 0 aliphatic rings. The first-order chi connectivity index (χ1) is 13.6. The first-order valence-electron chi connectivity index (χ1n) is 7.98. The van der Waals surface area contributed by atoms with Crippen LogP contribution in [0.5, 0.6) is 0 Å². The molecule has 1 aromatic carbocycles. The topological polar surface area (TPSA) is 106 Å². The maximum atomic E-state index is 13.0. The zero-order chi connectivity index (χ0) is 21.2. The lowest BCUT2D eigenvalue weighted by Crippen LogP contribution is -2.08. The summed E-state index contributed by atoms with van der Waals surface area (Å²) < 4.78 is 39.1. The molecule has 12 heteroatoms. The number of anilines is 4. The number of aromatic nitrogens is 3. The van der Waals surface area contributed by atoms with E-state index < -0.39 is 27.4 Å². The summed E-state index contributed by atoms with van der Waals surface area (Å²) in [5.41, 5.74) is -0.831. The molecule has 0 fully saturated rings. The van der Waals surface area contributed by atoms with Crippen molar-refractivity contribution in [1.82, 2.24) is 15.0 Å². The third-order valence-electron chi connectivity index (χ3n) is 3.70. The Balaban J connectivity index is 1.98. The molecule has 0 bridgehead atoms. The molecular formula is C17H12ClF3N6O2. The molecular weight excluding hydrogens is 413 g/mol. The SMILES string of the molecule is Cc1ccc(Nc2ncnc(Nc3ccc(Cl)c(C(F)(F)F)c3)c2[N+](=O)[O-])nc1. The Kier molecular flexibility index (Phi) is 5.50. The molecule has 2 aromatic heterocycles. The Morgan fingerprint density at radius 2 is 1.76 bits per heavy atom. The predicted molar refractivity (Wildman–Crippen MR) is 101 cm³/mol.